The van der Waals surface area contributed by atoms with Crippen LogP contribution in [0.3, 0.4) is 0 Å². The van der Waals surface area contributed by atoms with E-state index in [9.17, 15) is 4.79 Å². The summed E-state index contributed by atoms with van der Waals surface area (Å²) < 4.78 is 4.61. The minimum Gasteiger partial charge on any atom is -0.469 e. The second kappa shape index (κ2) is 7.66. The van der Waals surface area contributed by atoms with Gasteiger partial charge in [0.05, 0.1) is 7.11 Å². The van der Waals surface area contributed by atoms with Crippen molar-refractivity contribution in [2.45, 2.75) is 57.9 Å². The maximum absolute atomic E-state index is 10.9. The van der Waals surface area contributed by atoms with Gasteiger partial charge in [-0.1, -0.05) is 19.3 Å². The Balaban J connectivity index is 2.05. The zero-order valence-electron chi connectivity index (χ0n) is 10.6. The van der Waals surface area contributed by atoms with Gasteiger partial charge in [-0.2, -0.15) is 0 Å². The fraction of sp³-hybridized carbons (Fsp3) is 0.923. The molecule has 1 unspecified atom stereocenters. The normalized spacial score (nSPS) is 19.4. The van der Waals surface area contributed by atoms with Crippen molar-refractivity contribution in [2.75, 3.05) is 13.7 Å². The van der Waals surface area contributed by atoms with Crippen molar-refractivity contribution in [3.05, 3.63) is 0 Å². The van der Waals surface area contributed by atoms with E-state index in [0.29, 0.717) is 12.5 Å². The predicted octanol–water partition coefficient (Wildman–Crippen LogP) is 2.50. The maximum Gasteiger partial charge on any atom is 0.305 e. The Labute approximate surface area is 98.9 Å². The third kappa shape index (κ3) is 4.97. The number of carbonyl (C=O) groups excluding carboxylic acids is 1. The summed E-state index contributed by atoms with van der Waals surface area (Å²) >= 11 is 0. The van der Waals surface area contributed by atoms with Crippen LogP contribution in [0.2, 0.25) is 0 Å². The molecule has 1 fully saturated rings. The van der Waals surface area contributed by atoms with Crippen LogP contribution < -0.4 is 5.32 Å². The van der Waals surface area contributed by atoms with Gasteiger partial charge in [0.15, 0.2) is 0 Å². The quantitative estimate of drug-likeness (QED) is 0.559. The molecule has 3 heteroatoms. The molecular weight excluding hydrogens is 202 g/mol. The molecule has 0 aromatic rings. The van der Waals surface area contributed by atoms with E-state index in [1.807, 2.05) is 0 Å². The van der Waals surface area contributed by atoms with Gasteiger partial charge < -0.3 is 10.1 Å². The Morgan fingerprint density at radius 3 is 2.69 bits per heavy atom. The number of esters is 1. The van der Waals surface area contributed by atoms with E-state index in [1.165, 1.54) is 39.2 Å². The van der Waals surface area contributed by atoms with Crippen molar-refractivity contribution in [3.8, 4) is 0 Å². The Morgan fingerprint density at radius 1 is 1.38 bits per heavy atom. The van der Waals surface area contributed by atoms with Gasteiger partial charge in [0, 0.05) is 12.5 Å². The maximum atomic E-state index is 10.9. The van der Waals surface area contributed by atoms with Gasteiger partial charge >= 0.3 is 5.97 Å². The van der Waals surface area contributed by atoms with E-state index in [0.717, 1.165) is 18.9 Å². The lowest BCUT2D eigenvalue weighted by molar-refractivity contribution is -0.140. The molecule has 1 saturated carbocycles. The summed E-state index contributed by atoms with van der Waals surface area (Å²) in [5, 5.41) is 3.52. The average Bonchev–Trinajstić information content (AvgIpc) is 2.35. The molecule has 0 radical (unpaired) electrons. The molecule has 16 heavy (non-hydrogen) atoms. The molecule has 0 aromatic carbocycles. The molecule has 1 N–H and O–H groups in total. The van der Waals surface area contributed by atoms with Crippen LogP contribution in [0.1, 0.15) is 51.9 Å². The summed E-state index contributed by atoms with van der Waals surface area (Å²) in [4.78, 5) is 10.9. The molecule has 3 nitrogen and oxygen atoms in total. The fourth-order valence-electron chi connectivity index (χ4n) is 2.47. The standard InChI is InChI=1S/C13H25NO2/c1-11(12-7-4-3-5-8-12)14-10-6-9-13(15)16-2/h11-12,14H,3-10H2,1-2H3. The molecule has 1 aliphatic carbocycles. The first-order valence-corrected chi connectivity index (χ1v) is 6.54. The minimum absolute atomic E-state index is 0.105. The Morgan fingerprint density at radius 2 is 2.06 bits per heavy atom. The SMILES string of the molecule is COC(=O)CCCNC(C)C1CCCCC1. The van der Waals surface area contributed by atoms with Crippen molar-refractivity contribution in [2.24, 2.45) is 5.92 Å². The second-order valence-electron chi connectivity index (χ2n) is 4.82. The van der Waals surface area contributed by atoms with Crippen molar-refractivity contribution >= 4 is 5.97 Å². The largest absolute Gasteiger partial charge is 0.469 e. The van der Waals surface area contributed by atoms with E-state index in [4.69, 9.17) is 0 Å². The highest BCUT2D eigenvalue weighted by Crippen LogP contribution is 2.26. The number of nitrogens with one attached hydrogen (secondary N) is 1. The summed E-state index contributed by atoms with van der Waals surface area (Å²) in [5.41, 5.74) is 0. The number of hydrogen-bond donors (Lipinski definition) is 1. The van der Waals surface area contributed by atoms with Crippen LogP contribution in [0.15, 0.2) is 0 Å². The number of methoxy groups -OCH3 is 1. The van der Waals surface area contributed by atoms with E-state index in [2.05, 4.69) is 17.0 Å². The number of rotatable bonds is 6. The van der Waals surface area contributed by atoms with E-state index >= 15 is 0 Å². The molecule has 0 amide bonds. The van der Waals surface area contributed by atoms with Crippen LogP contribution >= 0.6 is 0 Å². The van der Waals surface area contributed by atoms with Crippen molar-refractivity contribution < 1.29 is 9.53 Å². The van der Waals surface area contributed by atoms with Gasteiger partial charge in [0.2, 0.25) is 0 Å². The van der Waals surface area contributed by atoms with Crippen LogP contribution in [-0.4, -0.2) is 25.7 Å². The molecule has 0 spiro atoms. The van der Waals surface area contributed by atoms with Crippen molar-refractivity contribution in [1.82, 2.24) is 5.32 Å². The van der Waals surface area contributed by atoms with Gasteiger partial charge in [-0.3, -0.25) is 4.79 Å². The predicted molar refractivity (Wildman–Crippen MR) is 65.3 cm³/mol. The zero-order chi connectivity index (χ0) is 11.8. The van der Waals surface area contributed by atoms with E-state index < -0.39 is 0 Å². The average molecular weight is 227 g/mol. The summed E-state index contributed by atoms with van der Waals surface area (Å²) in [5.74, 6) is 0.735. The highest BCUT2D eigenvalue weighted by Gasteiger charge is 2.19. The molecule has 1 rings (SSSR count). The molecule has 1 aliphatic rings. The van der Waals surface area contributed by atoms with Crippen LogP contribution in [-0.2, 0) is 9.53 Å². The fourth-order valence-corrected chi connectivity index (χ4v) is 2.47. The summed E-state index contributed by atoms with van der Waals surface area (Å²) in [6.07, 6.45) is 8.32. The Bertz CT molecular complexity index is 200. The first-order valence-electron chi connectivity index (χ1n) is 6.54. The number of hydrogen-bond acceptors (Lipinski definition) is 3. The summed E-state index contributed by atoms with van der Waals surface area (Å²) in [7, 11) is 1.44. The molecule has 0 heterocycles. The molecule has 0 aromatic heterocycles. The molecule has 0 bridgehead atoms. The van der Waals surface area contributed by atoms with E-state index in [-0.39, 0.29) is 5.97 Å². The number of carbonyl (C=O) groups is 1. The van der Waals surface area contributed by atoms with Crippen LogP contribution in [0.25, 0.3) is 0 Å². The van der Waals surface area contributed by atoms with Crippen molar-refractivity contribution in [3.63, 3.8) is 0 Å². The zero-order valence-corrected chi connectivity index (χ0v) is 10.6. The van der Waals surface area contributed by atoms with Crippen molar-refractivity contribution in [1.29, 1.82) is 0 Å². The summed E-state index contributed by atoms with van der Waals surface area (Å²) in [6, 6.07) is 0.595. The molecule has 94 valence electrons. The van der Waals surface area contributed by atoms with E-state index in [1.54, 1.807) is 0 Å². The van der Waals surface area contributed by atoms with Gasteiger partial charge in [0.25, 0.3) is 0 Å². The van der Waals surface area contributed by atoms with Gasteiger partial charge in [-0.05, 0) is 38.6 Å². The van der Waals surface area contributed by atoms with Gasteiger partial charge in [-0.25, -0.2) is 0 Å². The first kappa shape index (κ1) is 13.5. The molecule has 0 saturated heterocycles. The van der Waals surface area contributed by atoms with Crippen LogP contribution in [0, 0.1) is 5.92 Å². The van der Waals surface area contributed by atoms with Gasteiger partial charge in [-0.15, -0.1) is 0 Å². The van der Waals surface area contributed by atoms with Crippen LogP contribution in [0.5, 0.6) is 0 Å². The molecular formula is C13H25NO2. The third-order valence-electron chi connectivity index (χ3n) is 3.61. The lowest BCUT2D eigenvalue weighted by atomic mass is 9.84. The topological polar surface area (TPSA) is 38.3 Å². The Kier molecular flexibility index (Phi) is 6.46. The van der Waals surface area contributed by atoms with Crippen LogP contribution in [0.4, 0.5) is 0 Å². The second-order valence-corrected chi connectivity index (χ2v) is 4.82. The lowest BCUT2D eigenvalue weighted by Gasteiger charge is -2.28. The molecule has 1 atom stereocenters. The third-order valence-corrected chi connectivity index (χ3v) is 3.61. The monoisotopic (exact) mass is 227 g/mol. The molecule has 0 aliphatic heterocycles. The lowest BCUT2D eigenvalue weighted by Crippen LogP contribution is -2.35. The smallest absolute Gasteiger partial charge is 0.305 e. The summed E-state index contributed by atoms with van der Waals surface area (Å²) in [6.45, 7) is 3.20. The first-order chi connectivity index (χ1) is 7.74. The number of ether oxygens (including phenoxy) is 1. The highest BCUT2D eigenvalue weighted by atomic mass is 16.5. The highest BCUT2D eigenvalue weighted by molar-refractivity contribution is 5.69. The van der Waals surface area contributed by atoms with Gasteiger partial charge in [0.1, 0.15) is 0 Å². The minimum atomic E-state index is -0.105. The Hall–Kier alpha value is -0.570.